The molecule has 0 N–H and O–H groups in total. The van der Waals surface area contributed by atoms with Crippen molar-refractivity contribution in [1.82, 2.24) is 24.4 Å². The van der Waals surface area contributed by atoms with Gasteiger partial charge in [0.1, 0.15) is 5.75 Å². The zero-order chi connectivity index (χ0) is 21.8. The molecule has 0 atom stereocenters. The fourth-order valence-corrected chi connectivity index (χ4v) is 2.94. The minimum absolute atomic E-state index is 0.314. The molecule has 0 spiro atoms. The molecule has 11 heteroatoms. The van der Waals surface area contributed by atoms with Crippen molar-refractivity contribution in [2.24, 2.45) is 0 Å². The molecule has 8 nitrogen and oxygen atoms in total. The average molecular weight is 431 g/mol. The van der Waals surface area contributed by atoms with Crippen molar-refractivity contribution >= 4 is 5.65 Å². The number of halogens is 3. The van der Waals surface area contributed by atoms with E-state index in [4.69, 9.17) is 4.74 Å². The first-order chi connectivity index (χ1) is 14.9. The maximum Gasteiger partial charge on any atom is 0.573 e. The predicted octanol–water partition coefficient (Wildman–Crippen LogP) is 3.32. The topological polar surface area (TPSA) is 83.5 Å². The Morgan fingerprint density at radius 1 is 1.00 bits per heavy atom. The molecule has 3 aromatic heterocycles. The van der Waals surface area contributed by atoms with Crippen molar-refractivity contribution in [3.63, 3.8) is 0 Å². The Kier molecular flexibility index (Phi) is 5.56. The van der Waals surface area contributed by atoms with Gasteiger partial charge in [0.25, 0.3) is 0 Å². The maximum atomic E-state index is 12.6. The van der Waals surface area contributed by atoms with Crippen molar-refractivity contribution < 1.29 is 22.6 Å². The fraction of sp³-hybridized carbons (Fsp3) is 0.200. The van der Waals surface area contributed by atoms with Crippen LogP contribution in [0.1, 0.15) is 6.42 Å². The molecule has 4 aromatic rings. The lowest BCUT2D eigenvalue weighted by Gasteiger charge is -2.09. The lowest BCUT2D eigenvalue weighted by atomic mass is 10.1. The summed E-state index contributed by atoms with van der Waals surface area (Å²) in [6.45, 7) is 0.691. The number of alkyl halides is 3. The second kappa shape index (κ2) is 8.46. The molecule has 31 heavy (non-hydrogen) atoms. The lowest BCUT2D eigenvalue weighted by molar-refractivity contribution is -0.274. The molecule has 1 aromatic carbocycles. The molecule has 0 saturated heterocycles. The molecule has 4 rings (SSSR count). The Labute approximate surface area is 173 Å². The van der Waals surface area contributed by atoms with Crippen LogP contribution in [0.4, 0.5) is 13.2 Å². The zero-order valence-electron chi connectivity index (χ0n) is 16.0. The van der Waals surface area contributed by atoms with Gasteiger partial charge in [0.2, 0.25) is 5.88 Å². The Bertz CT molecular complexity index is 1220. The van der Waals surface area contributed by atoms with Crippen molar-refractivity contribution in [2.45, 2.75) is 19.3 Å². The number of nitrogens with zero attached hydrogens (tertiary/aromatic N) is 5. The minimum atomic E-state index is -4.75. The van der Waals surface area contributed by atoms with Crippen molar-refractivity contribution in [2.75, 3.05) is 6.61 Å². The highest BCUT2D eigenvalue weighted by molar-refractivity contribution is 5.65. The van der Waals surface area contributed by atoms with Crippen LogP contribution < -0.4 is 15.2 Å². The van der Waals surface area contributed by atoms with E-state index in [1.807, 2.05) is 0 Å². The Balaban J connectivity index is 1.45. The second-order valence-corrected chi connectivity index (χ2v) is 6.49. The van der Waals surface area contributed by atoms with Gasteiger partial charge in [-0.25, -0.2) is 13.9 Å². The molecule has 0 unspecified atom stereocenters. The van der Waals surface area contributed by atoms with E-state index < -0.39 is 6.36 Å². The molecule has 0 bridgehead atoms. The number of aryl methyl sites for hydroxylation is 1. The third-order valence-electron chi connectivity index (χ3n) is 4.31. The Morgan fingerprint density at radius 2 is 1.77 bits per heavy atom. The van der Waals surface area contributed by atoms with Crippen LogP contribution in [0, 0.1) is 0 Å². The normalized spacial score (nSPS) is 11.6. The van der Waals surface area contributed by atoms with Gasteiger partial charge < -0.3 is 9.47 Å². The maximum absolute atomic E-state index is 12.6. The number of hydrogen-bond donors (Lipinski definition) is 0. The van der Waals surface area contributed by atoms with Gasteiger partial charge in [-0.3, -0.25) is 0 Å². The number of fused-ring (bicyclic) bond motifs is 1. The van der Waals surface area contributed by atoms with Gasteiger partial charge in [0, 0.05) is 31.4 Å². The molecule has 0 saturated carbocycles. The molecule has 0 radical (unpaired) electrons. The molecule has 160 valence electrons. The summed E-state index contributed by atoms with van der Waals surface area (Å²) < 4.78 is 49.0. The van der Waals surface area contributed by atoms with E-state index in [0.29, 0.717) is 42.2 Å². The number of hydrogen-bond acceptors (Lipinski definition) is 6. The third kappa shape index (κ3) is 5.00. The summed E-state index contributed by atoms with van der Waals surface area (Å²) in [5.41, 5.74) is 1.42. The number of benzene rings is 1. The number of aromatic nitrogens is 5. The van der Waals surface area contributed by atoms with Gasteiger partial charge in [-0.15, -0.1) is 23.4 Å². The van der Waals surface area contributed by atoms with E-state index in [1.54, 1.807) is 36.7 Å². The molecule has 0 aliphatic heterocycles. The summed E-state index contributed by atoms with van der Waals surface area (Å²) in [4.78, 5) is 12.6. The van der Waals surface area contributed by atoms with E-state index >= 15 is 0 Å². The van der Waals surface area contributed by atoms with Crippen LogP contribution in [0.15, 0.2) is 65.7 Å². The zero-order valence-corrected chi connectivity index (χ0v) is 16.0. The van der Waals surface area contributed by atoms with Crippen LogP contribution in [0.25, 0.3) is 16.8 Å². The minimum Gasteiger partial charge on any atom is -0.477 e. The van der Waals surface area contributed by atoms with Crippen LogP contribution >= 0.6 is 0 Å². The predicted molar refractivity (Wildman–Crippen MR) is 104 cm³/mol. The fourth-order valence-electron chi connectivity index (χ4n) is 2.94. The van der Waals surface area contributed by atoms with Crippen LogP contribution in [-0.4, -0.2) is 37.3 Å². The number of ether oxygens (including phenoxy) is 2. The van der Waals surface area contributed by atoms with Crippen LogP contribution in [0.3, 0.4) is 0 Å². The molecule has 0 aliphatic rings. The van der Waals surface area contributed by atoms with Gasteiger partial charge in [-0.1, -0.05) is 12.1 Å². The summed E-state index contributed by atoms with van der Waals surface area (Å²) in [6, 6.07) is 12.2. The molecule has 0 amide bonds. The molecule has 0 aliphatic carbocycles. The van der Waals surface area contributed by atoms with E-state index in [2.05, 4.69) is 20.0 Å². The molecular formula is C20H16F3N5O3. The van der Waals surface area contributed by atoms with Crippen molar-refractivity contribution in [3.8, 4) is 22.8 Å². The van der Waals surface area contributed by atoms with E-state index in [9.17, 15) is 18.0 Å². The number of pyridine rings is 1. The Hall–Kier alpha value is -3.89. The van der Waals surface area contributed by atoms with Gasteiger partial charge in [-0.2, -0.15) is 5.10 Å². The van der Waals surface area contributed by atoms with Gasteiger partial charge in [0.05, 0.1) is 6.61 Å². The SMILES string of the molecule is O=c1n(CCCOc2cccnn2)nc2ccc(-c3ccc(OC(F)(F)F)cc3)cn12. The van der Waals surface area contributed by atoms with Gasteiger partial charge in [-0.05, 0) is 41.5 Å². The van der Waals surface area contributed by atoms with Crippen LogP contribution in [0.2, 0.25) is 0 Å². The van der Waals surface area contributed by atoms with E-state index in [0.717, 1.165) is 0 Å². The average Bonchev–Trinajstić information content (AvgIpc) is 3.06. The monoisotopic (exact) mass is 431 g/mol. The second-order valence-electron chi connectivity index (χ2n) is 6.49. The molecule has 3 heterocycles. The summed E-state index contributed by atoms with van der Waals surface area (Å²) in [5.74, 6) is 0.0900. The largest absolute Gasteiger partial charge is 0.573 e. The Morgan fingerprint density at radius 3 is 2.48 bits per heavy atom. The highest BCUT2D eigenvalue weighted by Gasteiger charge is 2.30. The summed E-state index contributed by atoms with van der Waals surface area (Å²) in [7, 11) is 0. The first-order valence-electron chi connectivity index (χ1n) is 9.25. The lowest BCUT2D eigenvalue weighted by Crippen LogP contribution is -2.22. The highest BCUT2D eigenvalue weighted by atomic mass is 19.4. The van der Waals surface area contributed by atoms with Crippen LogP contribution in [-0.2, 0) is 6.54 Å². The van der Waals surface area contributed by atoms with E-state index in [-0.39, 0.29) is 11.4 Å². The van der Waals surface area contributed by atoms with Gasteiger partial charge >= 0.3 is 12.1 Å². The number of rotatable bonds is 7. The standard InChI is InChI=1S/C20H16F3N5O3/c21-20(22,23)31-16-7-4-14(5-8-16)15-6-9-17-26-28(19(29)27(17)13-15)11-2-12-30-18-3-1-10-24-25-18/h1,3-10,13H,2,11-12H2. The van der Waals surface area contributed by atoms with Crippen molar-refractivity contribution in [1.29, 1.82) is 0 Å². The van der Waals surface area contributed by atoms with E-state index in [1.165, 1.54) is 33.3 Å². The molecular weight excluding hydrogens is 415 g/mol. The molecule has 0 fully saturated rings. The van der Waals surface area contributed by atoms with Crippen molar-refractivity contribution in [3.05, 3.63) is 71.4 Å². The first kappa shape index (κ1) is 20.4. The smallest absolute Gasteiger partial charge is 0.477 e. The first-order valence-corrected chi connectivity index (χ1v) is 9.25. The summed E-state index contributed by atoms with van der Waals surface area (Å²) >= 11 is 0. The van der Waals surface area contributed by atoms with Crippen LogP contribution in [0.5, 0.6) is 11.6 Å². The quantitative estimate of drug-likeness (QED) is 0.418. The summed E-state index contributed by atoms with van der Waals surface area (Å²) in [6.07, 6.45) is -1.07. The third-order valence-corrected chi connectivity index (χ3v) is 4.31. The summed E-state index contributed by atoms with van der Waals surface area (Å²) in [5, 5.41) is 11.8. The highest BCUT2D eigenvalue weighted by Crippen LogP contribution is 2.26. The van der Waals surface area contributed by atoms with Gasteiger partial charge in [0.15, 0.2) is 5.65 Å².